The number of nitrogens with one attached hydrogen (secondary N) is 1. The van der Waals surface area contributed by atoms with Crippen molar-refractivity contribution in [2.24, 2.45) is 0 Å². The molecule has 1 saturated heterocycles. The highest BCUT2D eigenvalue weighted by Crippen LogP contribution is 2.25. The molecular weight excluding hydrogens is 380 g/mol. The van der Waals surface area contributed by atoms with Crippen LogP contribution in [0, 0.1) is 0 Å². The fourth-order valence-electron chi connectivity index (χ4n) is 3.08. The van der Waals surface area contributed by atoms with Crippen LogP contribution in [0.25, 0.3) is 0 Å². The van der Waals surface area contributed by atoms with Crippen LogP contribution in [0.15, 0.2) is 48.5 Å². The van der Waals surface area contributed by atoms with Gasteiger partial charge in [-0.15, -0.1) is 0 Å². The molecule has 3 rings (SSSR count). The van der Waals surface area contributed by atoms with E-state index in [1.807, 2.05) is 6.07 Å². The molecule has 1 N–H and O–H groups in total. The van der Waals surface area contributed by atoms with Gasteiger partial charge in [0.05, 0.1) is 0 Å². The lowest BCUT2D eigenvalue weighted by Crippen LogP contribution is -2.31. The molecule has 146 valence electrons. The molecule has 0 aliphatic carbocycles. The zero-order valence-corrected chi connectivity index (χ0v) is 16.2. The third kappa shape index (κ3) is 4.70. The fourth-order valence-corrected chi connectivity index (χ4v) is 3.36. The molecule has 1 atom stereocenters. The van der Waals surface area contributed by atoms with Crippen LogP contribution in [0.5, 0.6) is 0 Å². The van der Waals surface area contributed by atoms with Gasteiger partial charge in [-0.3, -0.25) is 14.4 Å². The van der Waals surface area contributed by atoms with Crippen molar-refractivity contribution in [1.82, 2.24) is 5.32 Å². The molecule has 2 amide bonds. The third-order valence-electron chi connectivity index (χ3n) is 4.56. The molecule has 2 aromatic carbocycles. The van der Waals surface area contributed by atoms with Crippen LogP contribution in [0.1, 0.15) is 41.8 Å². The molecule has 0 aromatic heterocycles. The first-order valence-corrected chi connectivity index (χ1v) is 9.46. The van der Waals surface area contributed by atoms with Crippen LogP contribution in [-0.4, -0.2) is 30.9 Å². The molecule has 0 saturated carbocycles. The van der Waals surface area contributed by atoms with Crippen molar-refractivity contribution < 1.29 is 19.1 Å². The average Bonchev–Trinajstić information content (AvgIpc) is 3.12. The van der Waals surface area contributed by atoms with Crippen LogP contribution in [0.3, 0.4) is 0 Å². The lowest BCUT2D eigenvalue weighted by Gasteiger charge is -2.16. The maximum absolute atomic E-state index is 12.2. The molecule has 7 heteroatoms. The number of rotatable bonds is 6. The summed E-state index contributed by atoms with van der Waals surface area (Å²) in [6.07, 6.45) is 0.877. The Labute approximate surface area is 168 Å². The number of benzene rings is 2. The molecule has 6 nitrogen and oxygen atoms in total. The first-order valence-electron chi connectivity index (χ1n) is 9.08. The second-order valence-corrected chi connectivity index (χ2v) is 6.94. The molecule has 0 bridgehead atoms. The molecule has 0 radical (unpaired) electrons. The molecule has 1 aliphatic rings. The molecule has 0 unspecified atom stereocenters. The number of hydrogen-bond donors (Lipinski definition) is 1. The van der Waals surface area contributed by atoms with Crippen LogP contribution in [0.2, 0.25) is 5.02 Å². The van der Waals surface area contributed by atoms with E-state index in [0.717, 1.165) is 12.1 Å². The number of anilines is 1. The second kappa shape index (κ2) is 8.89. The normalized spacial score (nSPS) is 14.6. The van der Waals surface area contributed by atoms with Crippen molar-refractivity contribution in [2.45, 2.75) is 25.9 Å². The van der Waals surface area contributed by atoms with E-state index in [1.165, 1.54) is 0 Å². The van der Waals surface area contributed by atoms with Gasteiger partial charge in [0, 0.05) is 34.8 Å². The number of hydrogen-bond acceptors (Lipinski definition) is 4. The molecular formula is C21H21ClN2O4. The van der Waals surface area contributed by atoms with Gasteiger partial charge < -0.3 is 15.0 Å². The Kier molecular flexibility index (Phi) is 6.31. The Balaban J connectivity index is 1.51. The van der Waals surface area contributed by atoms with Crippen LogP contribution < -0.4 is 10.2 Å². The van der Waals surface area contributed by atoms with E-state index < -0.39 is 12.1 Å². The van der Waals surface area contributed by atoms with E-state index in [4.69, 9.17) is 16.3 Å². The molecule has 28 heavy (non-hydrogen) atoms. The van der Waals surface area contributed by atoms with Gasteiger partial charge in [0.2, 0.25) is 5.91 Å². The van der Waals surface area contributed by atoms with E-state index in [-0.39, 0.29) is 18.4 Å². The third-order valence-corrected chi connectivity index (χ3v) is 4.90. The van der Waals surface area contributed by atoms with Gasteiger partial charge in [0.1, 0.15) is 12.6 Å². The van der Waals surface area contributed by atoms with Gasteiger partial charge in [-0.25, -0.2) is 0 Å². The first kappa shape index (κ1) is 19.9. The number of carbonyl (C=O) groups excluding carboxylic acids is 3. The molecule has 1 fully saturated rings. The lowest BCUT2D eigenvalue weighted by molar-refractivity contribution is -0.147. The summed E-state index contributed by atoms with van der Waals surface area (Å²) in [6, 6.07) is 13.8. The predicted octanol–water partition coefficient (Wildman–Crippen LogP) is 3.50. The molecule has 1 aliphatic heterocycles. The van der Waals surface area contributed by atoms with Gasteiger partial charge in [-0.2, -0.15) is 0 Å². The molecule has 1 heterocycles. The number of ether oxygens (including phenoxy) is 1. The van der Waals surface area contributed by atoms with E-state index in [2.05, 4.69) is 5.32 Å². The minimum Gasteiger partial charge on any atom is -0.456 e. The zero-order chi connectivity index (χ0) is 20.1. The van der Waals surface area contributed by atoms with Crippen molar-refractivity contribution in [2.75, 3.05) is 18.0 Å². The SMILES string of the molecule is C[C@@H](OC(=O)CNC(=O)c1ccc(N2CCCC2=O)cc1)c1ccccc1Cl. The summed E-state index contributed by atoms with van der Waals surface area (Å²) in [5.41, 5.74) is 1.88. The number of carbonyl (C=O) groups is 3. The molecule has 2 aromatic rings. The number of nitrogens with zero attached hydrogens (tertiary/aromatic N) is 1. The van der Waals surface area contributed by atoms with Crippen LogP contribution >= 0.6 is 11.6 Å². The van der Waals surface area contributed by atoms with Crippen molar-refractivity contribution >= 4 is 35.1 Å². The highest BCUT2D eigenvalue weighted by molar-refractivity contribution is 6.31. The first-order chi connectivity index (χ1) is 13.5. The second-order valence-electron chi connectivity index (χ2n) is 6.53. The lowest BCUT2D eigenvalue weighted by atomic mass is 10.1. The average molecular weight is 401 g/mol. The van der Waals surface area contributed by atoms with E-state index >= 15 is 0 Å². The van der Waals surface area contributed by atoms with E-state index in [0.29, 0.717) is 29.1 Å². The predicted molar refractivity (Wildman–Crippen MR) is 106 cm³/mol. The quantitative estimate of drug-likeness (QED) is 0.753. The zero-order valence-electron chi connectivity index (χ0n) is 15.5. The van der Waals surface area contributed by atoms with Gasteiger partial charge in [0.25, 0.3) is 5.91 Å². The maximum Gasteiger partial charge on any atom is 0.326 e. The van der Waals surface area contributed by atoms with Crippen molar-refractivity contribution in [3.63, 3.8) is 0 Å². The summed E-state index contributed by atoms with van der Waals surface area (Å²) >= 11 is 6.09. The van der Waals surface area contributed by atoms with Crippen molar-refractivity contribution in [3.8, 4) is 0 Å². The van der Waals surface area contributed by atoms with E-state index in [9.17, 15) is 14.4 Å². The maximum atomic E-state index is 12.2. The van der Waals surface area contributed by atoms with Crippen molar-refractivity contribution in [1.29, 1.82) is 0 Å². The Morgan fingerprint density at radius 1 is 1.18 bits per heavy atom. The Hall–Kier alpha value is -2.86. The summed E-state index contributed by atoms with van der Waals surface area (Å²) in [5.74, 6) is -0.853. The summed E-state index contributed by atoms with van der Waals surface area (Å²) in [5, 5.41) is 3.06. The number of esters is 1. The summed E-state index contributed by atoms with van der Waals surface area (Å²) < 4.78 is 5.32. The Bertz CT molecular complexity index is 882. The largest absolute Gasteiger partial charge is 0.456 e. The Morgan fingerprint density at radius 3 is 2.54 bits per heavy atom. The smallest absolute Gasteiger partial charge is 0.326 e. The van der Waals surface area contributed by atoms with E-state index in [1.54, 1.807) is 54.3 Å². The number of amides is 2. The highest BCUT2D eigenvalue weighted by Gasteiger charge is 2.22. The summed E-state index contributed by atoms with van der Waals surface area (Å²) in [7, 11) is 0. The fraction of sp³-hybridized carbons (Fsp3) is 0.286. The van der Waals surface area contributed by atoms with Gasteiger partial charge in [-0.05, 0) is 43.7 Å². The summed E-state index contributed by atoms with van der Waals surface area (Å²) in [6.45, 7) is 2.17. The topological polar surface area (TPSA) is 75.7 Å². The standard InChI is InChI=1S/C21H21ClN2O4/c1-14(17-5-2-3-6-18(17)22)28-20(26)13-23-21(27)15-8-10-16(11-9-15)24-12-4-7-19(24)25/h2-3,5-6,8-11,14H,4,7,12-13H2,1H3,(H,23,27)/t14-/m1/s1. The van der Waals surface area contributed by atoms with Gasteiger partial charge in [-0.1, -0.05) is 29.8 Å². The van der Waals surface area contributed by atoms with Crippen LogP contribution in [0.4, 0.5) is 5.69 Å². The highest BCUT2D eigenvalue weighted by atomic mass is 35.5. The Morgan fingerprint density at radius 2 is 1.89 bits per heavy atom. The van der Waals surface area contributed by atoms with Crippen LogP contribution in [-0.2, 0) is 14.3 Å². The van der Waals surface area contributed by atoms with Gasteiger partial charge >= 0.3 is 5.97 Å². The van der Waals surface area contributed by atoms with Crippen molar-refractivity contribution in [3.05, 3.63) is 64.7 Å². The number of halogens is 1. The molecule has 0 spiro atoms. The minimum atomic E-state index is -0.556. The minimum absolute atomic E-state index is 0.0904. The van der Waals surface area contributed by atoms with Gasteiger partial charge in [0.15, 0.2) is 0 Å². The monoisotopic (exact) mass is 400 g/mol. The summed E-state index contributed by atoms with van der Waals surface area (Å²) in [4.78, 5) is 37.7.